The van der Waals surface area contributed by atoms with Crippen LogP contribution in [0.25, 0.3) is 0 Å². The van der Waals surface area contributed by atoms with Crippen LogP contribution < -0.4 is 15.2 Å². The Labute approximate surface area is 203 Å². The molecule has 1 aromatic rings. The highest BCUT2D eigenvalue weighted by atomic mass is 35.5. The van der Waals surface area contributed by atoms with E-state index in [2.05, 4.69) is 13.8 Å². The first kappa shape index (κ1) is 29.5. The Kier molecular flexibility index (Phi) is 13.1. The Bertz CT molecular complexity index is 720. The number of ether oxygens (including phenoxy) is 3. The maximum Gasteiger partial charge on any atom is 0.225 e. The average molecular weight is 489 g/mol. The zero-order chi connectivity index (χ0) is 23.7. The van der Waals surface area contributed by atoms with Crippen LogP contribution in [-0.4, -0.2) is 79.8 Å². The van der Waals surface area contributed by atoms with Crippen molar-refractivity contribution in [3.05, 3.63) is 23.8 Å². The Hall–Kier alpha value is -1.58. The van der Waals surface area contributed by atoms with E-state index in [9.17, 15) is 15.0 Å². The molecule has 0 spiro atoms. The van der Waals surface area contributed by atoms with Gasteiger partial charge in [0.15, 0.2) is 11.5 Å². The number of benzene rings is 1. The summed E-state index contributed by atoms with van der Waals surface area (Å²) in [5.74, 6) is 1.86. The summed E-state index contributed by atoms with van der Waals surface area (Å²) in [6.45, 7) is 5.90. The number of halogens is 1. The Balaban J connectivity index is 0.00000544. The van der Waals surface area contributed by atoms with Crippen LogP contribution in [-0.2, 0) is 16.0 Å². The molecule has 1 amide bonds. The third-order valence-electron chi connectivity index (χ3n) is 6.09. The quantitative estimate of drug-likeness (QED) is 0.343. The van der Waals surface area contributed by atoms with Gasteiger partial charge in [-0.3, -0.25) is 4.79 Å². The fourth-order valence-corrected chi connectivity index (χ4v) is 4.04. The van der Waals surface area contributed by atoms with Gasteiger partial charge in [0.05, 0.1) is 32.3 Å². The van der Waals surface area contributed by atoms with Gasteiger partial charge >= 0.3 is 0 Å². The number of likely N-dealkylation sites (tertiary alicyclic amines) is 1. The fourth-order valence-electron chi connectivity index (χ4n) is 4.04. The summed E-state index contributed by atoms with van der Waals surface area (Å²) in [7, 11) is 3.29. The zero-order valence-electron chi connectivity index (χ0n) is 20.2. The van der Waals surface area contributed by atoms with E-state index in [1.54, 1.807) is 14.2 Å². The van der Waals surface area contributed by atoms with E-state index >= 15 is 0 Å². The molecule has 9 heteroatoms. The van der Waals surface area contributed by atoms with Crippen LogP contribution in [0.15, 0.2) is 18.2 Å². The lowest BCUT2D eigenvalue weighted by Gasteiger charge is -2.29. The maximum atomic E-state index is 11.9. The standard InChI is InChI=1S/C24H40N2O6.ClH/c1-16(2)18(12-20(25)21(28)15-26-14-19(27)13-24(26)29)10-17-6-7-22(31-4)23(11-17)32-9-5-8-30-3;/h6-7,11,16,18-21,27-28H,5,8-10,12-15,25H2,1-4H3;1H/t18?,19-,20?,21?;/m1./s1. The van der Waals surface area contributed by atoms with Crippen LogP contribution in [0.5, 0.6) is 11.5 Å². The molecule has 1 saturated heterocycles. The van der Waals surface area contributed by atoms with Gasteiger partial charge in [0.25, 0.3) is 0 Å². The van der Waals surface area contributed by atoms with Gasteiger partial charge in [0, 0.05) is 39.3 Å². The minimum atomic E-state index is -0.832. The van der Waals surface area contributed by atoms with Crippen molar-refractivity contribution in [2.75, 3.05) is 40.5 Å². The fraction of sp³-hybridized carbons (Fsp3) is 0.708. The third kappa shape index (κ3) is 9.29. The number of nitrogens with zero attached hydrogens (tertiary/aromatic N) is 1. The van der Waals surface area contributed by atoms with Gasteiger partial charge in [-0.15, -0.1) is 12.4 Å². The second-order valence-electron chi connectivity index (χ2n) is 9.01. The first-order valence-corrected chi connectivity index (χ1v) is 11.4. The predicted molar refractivity (Wildman–Crippen MR) is 130 cm³/mol. The van der Waals surface area contributed by atoms with Crippen molar-refractivity contribution in [3.8, 4) is 11.5 Å². The van der Waals surface area contributed by atoms with Crippen LogP contribution in [0.1, 0.15) is 38.7 Å². The topological polar surface area (TPSA) is 114 Å². The minimum absolute atomic E-state index is 0. The van der Waals surface area contributed by atoms with Crippen molar-refractivity contribution in [3.63, 3.8) is 0 Å². The van der Waals surface area contributed by atoms with E-state index in [1.165, 1.54) is 4.90 Å². The highest BCUT2D eigenvalue weighted by Crippen LogP contribution is 2.31. The van der Waals surface area contributed by atoms with E-state index in [0.29, 0.717) is 37.1 Å². The molecule has 1 heterocycles. The van der Waals surface area contributed by atoms with Crippen molar-refractivity contribution in [1.82, 2.24) is 4.90 Å². The van der Waals surface area contributed by atoms with Gasteiger partial charge in [0.1, 0.15) is 0 Å². The highest BCUT2D eigenvalue weighted by Gasteiger charge is 2.31. The Morgan fingerprint density at radius 3 is 2.52 bits per heavy atom. The van der Waals surface area contributed by atoms with Crippen LogP contribution in [0.2, 0.25) is 0 Å². The molecule has 1 aliphatic rings. The van der Waals surface area contributed by atoms with Gasteiger partial charge in [-0.2, -0.15) is 0 Å². The van der Waals surface area contributed by atoms with Crippen molar-refractivity contribution >= 4 is 18.3 Å². The number of hydrogen-bond acceptors (Lipinski definition) is 7. The SMILES string of the molecule is COCCCOc1cc(CC(CC(N)C(O)CN2C[C@H](O)CC2=O)C(C)C)ccc1OC.Cl. The molecule has 1 fully saturated rings. The molecule has 0 bridgehead atoms. The smallest absolute Gasteiger partial charge is 0.225 e. The lowest BCUT2D eigenvalue weighted by atomic mass is 9.83. The molecule has 190 valence electrons. The molecule has 8 nitrogen and oxygen atoms in total. The molecule has 1 aromatic carbocycles. The number of aliphatic hydroxyl groups excluding tert-OH is 2. The first-order valence-electron chi connectivity index (χ1n) is 11.4. The third-order valence-corrected chi connectivity index (χ3v) is 6.09. The van der Waals surface area contributed by atoms with E-state index in [4.69, 9.17) is 19.9 Å². The van der Waals surface area contributed by atoms with Crippen LogP contribution in [0.4, 0.5) is 0 Å². The van der Waals surface area contributed by atoms with Crippen LogP contribution >= 0.6 is 12.4 Å². The molecule has 3 unspecified atom stereocenters. The number of methoxy groups -OCH3 is 2. The predicted octanol–water partition coefficient (Wildman–Crippen LogP) is 2.02. The monoisotopic (exact) mass is 488 g/mol. The molecular weight excluding hydrogens is 448 g/mol. The second kappa shape index (κ2) is 14.6. The Morgan fingerprint density at radius 1 is 1.21 bits per heavy atom. The van der Waals surface area contributed by atoms with Crippen molar-refractivity contribution in [1.29, 1.82) is 0 Å². The van der Waals surface area contributed by atoms with E-state index < -0.39 is 18.2 Å². The van der Waals surface area contributed by atoms with Gasteiger partial charge in [0.2, 0.25) is 5.91 Å². The normalized spacial score (nSPS) is 18.7. The second-order valence-corrected chi connectivity index (χ2v) is 9.01. The summed E-state index contributed by atoms with van der Waals surface area (Å²) in [5.41, 5.74) is 7.45. The largest absolute Gasteiger partial charge is 0.493 e. The highest BCUT2D eigenvalue weighted by molar-refractivity contribution is 5.85. The van der Waals surface area contributed by atoms with E-state index in [1.807, 2.05) is 18.2 Å². The summed E-state index contributed by atoms with van der Waals surface area (Å²) in [6, 6.07) is 5.49. The average Bonchev–Trinajstić information content (AvgIpc) is 3.07. The van der Waals surface area contributed by atoms with Crippen molar-refractivity contribution in [2.45, 2.75) is 57.8 Å². The summed E-state index contributed by atoms with van der Waals surface area (Å²) >= 11 is 0. The number of β-amino-alcohol motifs (C(OH)–C–C–N with tert-alkyl or cyclic N) is 2. The number of nitrogens with two attached hydrogens (primary N) is 1. The van der Waals surface area contributed by atoms with Gasteiger partial charge < -0.3 is 35.1 Å². The number of carbonyl (C=O) groups is 1. The van der Waals surface area contributed by atoms with Gasteiger partial charge in [-0.1, -0.05) is 19.9 Å². The Morgan fingerprint density at radius 2 is 1.94 bits per heavy atom. The van der Waals surface area contributed by atoms with Crippen molar-refractivity contribution in [2.24, 2.45) is 17.6 Å². The molecule has 0 radical (unpaired) electrons. The van der Waals surface area contributed by atoms with Crippen LogP contribution in [0, 0.1) is 11.8 Å². The number of rotatable bonds is 14. The summed E-state index contributed by atoms with van der Waals surface area (Å²) in [6.07, 6.45) is 0.833. The molecule has 0 aliphatic carbocycles. The molecule has 33 heavy (non-hydrogen) atoms. The molecule has 4 N–H and O–H groups in total. The number of hydrogen-bond donors (Lipinski definition) is 3. The lowest BCUT2D eigenvalue weighted by molar-refractivity contribution is -0.129. The van der Waals surface area contributed by atoms with E-state index in [0.717, 1.165) is 18.4 Å². The number of aliphatic hydroxyl groups is 2. The maximum absolute atomic E-state index is 11.9. The molecule has 0 aromatic heterocycles. The zero-order valence-corrected chi connectivity index (χ0v) is 21.1. The van der Waals surface area contributed by atoms with Gasteiger partial charge in [-0.25, -0.2) is 0 Å². The molecule has 4 atom stereocenters. The summed E-state index contributed by atoms with van der Waals surface area (Å²) < 4.78 is 16.4. The van der Waals surface area contributed by atoms with Gasteiger partial charge in [-0.05, 0) is 42.4 Å². The first-order chi connectivity index (χ1) is 15.2. The van der Waals surface area contributed by atoms with Crippen LogP contribution in [0.3, 0.4) is 0 Å². The number of carbonyl (C=O) groups excluding carboxylic acids is 1. The summed E-state index contributed by atoms with van der Waals surface area (Å²) in [5, 5.41) is 20.2. The van der Waals surface area contributed by atoms with E-state index in [-0.39, 0.29) is 43.7 Å². The minimum Gasteiger partial charge on any atom is -0.493 e. The molecule has 0 saturated carbocycles. The molecule has 2 rings (SSSR count). The summed E-state index contributed by atoms with van der Waals surface area (Å²) in [4.78, 5) is 13.4. The van der Waals surface area contributed by atoms with Crippen molar-refractivity contribution < 1.29 is 29.2 Å². The molecule has 1 aliphatic heterocycles. The molecular formula is C24H41ClN2O6. The number of amides is 1. The lowest BCUT2D eigenvalue weighted by Crippen LogP contribution is -2.45.